The topological polar surface area (TPSA) is 41.1 Å². The van der Waals surface area contributed by atoms with Gasteiger partial charge in [0.2, 0.25) is 5.91 Å². The molecular weight excluding hydrogens is 275 g/mol. The number of hydrogen-bond acceptors (Lipinski definition) is 3. The van der Waals surface area contributed by atoms with Crippen molar-refractivity contribution < 1.29 is 9.18 Å². The van der Waals surface area contributed by atoms with Crippen LogP contribution in [-0.4, -0.2) is 30.0 Å². The van der Waals surface area contributed by atoms with Crippen LogP contribution in [0.1, 0.15) is 24.0 Å². The third kappa shape index (κ3) is 4.80. The number of hydrogen-bond donors (Lipinski definition) is 2. The molecule has 1 amide bonds. The van der Waals surface area contributed by atoms with Crippen LogP contribution < -0.4 is 10.6 Å². The van der Waals surface area contributed by atoms with Crippen molar-refractivity contribution in [1.82, 2.24) is 10.6 Å². The molecule has 5 heteroatoms. The van der Waals surface area contributed by atoms with Crippen LogP contribution in [0.5, 0.6) is 0 Å². The van der Waals surface area contributed by atoms with Gasteiger partial charge in [0.1, 0.15) is 5.82 Å². The average Bonchev–Trinajstić information content (AvgIpc) is 2.47. The van der Waals surface area contributed by atoms with E-state index >= 15 is 0 Å². The first-order chi connectivity index (χ1) is 9.65. The van der Waals surface area contributed by atoms with Gasteiger partial charge in [0.25, 0.3) is 0 Å². The highest BCUT2D eigenvalue weighted by Gasteiger charge is 2.14. The molecule has 2 N–H and O–H groups in total. The lowest BCUT2D eigenvalue weighted by atomic mass is 10.1. The molecule has 1 aliphatic heterocycles. The summed E-state index contributed by atoms with van der Waals surface area (Å²) in [6, 6.07) is 5.06. The highest BCUT2D eigenvalue weighted by molar-refractivity contribution is 8.00. The van der Waals surface area contributed by atoms with Gasteiger partial charge in [0, 0.05) is 11.8 Å². The second kappa shape index (κ2) is 7.64. The number of carbonyl (C=O) groups is 1. The Kier molecular flexibility index (Phi) is 5.86. The molecular formula is C15H21FN2OS. The lowest BCUT2D eigenvalue weighted by Crippen LogP contribution is -2.31. The number of nitrogens with one attached hydrogen (secondary N) is 2. The quantitative estimate of drug-likeness (QED) is 0.875. The first-order valence-electron chi connectivity index (χ1n) is 6.99. The van der Waals surface area contributed by atoms with Gasteiger partial charge in [0.05, 0.1) is 5.75 Å². The summed E-state index contributed by atoms with van der Waals surface area (Å²) in [6.45, 7) is 4.21. The van der Waals surface area contributed by atoms with E-state index in [2.05, 4.69) is 10.6 Å². The van der Waals surface area contributed by atoms with Crippen molar-refractivity contribution in [3.63, 3.8) is 0 Å². The molecule has 0 aromatic heterocycles. The van der Waals surface area contributed by atoms with Crippen LogP contribution in [0.3, 0.4) is 0 Å². The third-order valence-corrected chi connectivity index (χ3v) is 4.83. The van der Waals surface area contributed by atoms with Crippen molar-refractivity contribution in [2.24, 2.45) is 0 Å². The van der Waals surface area contributed by atoms with E-state index in [1.807, 2.05) is 6.07 Å². The van der Waals surface area contributed by atoms with Crippen LogP contribution in [0.4, 0.5) is 4.39 Å². The van der Waals surface area contributed by atoms with Gasteiger partial charge in [-0.05, 0) is 50.0 Å². The fourth-order valence-corrected chi connectivity index (χ4v) is 3.21. The second-order valence-corrected chi connectivity index (χ2v) is 6.41. The highest BCUT2D eigenvalue weighted by Crippen LogP contribution is 2.19. The van der Waals surface area contributed by atoms with Crippen LogP contribution in [0.15, 0.2) is 18.2 Å². The molecule has 1 aromatic rings. The fourth-order valence-electron chi connectivity index (χ4n) is 2.15. The summed E-state index contributed by atoms with van der Waals surface area (Å²) < 4.78 is 13.4. The molecule has 0 radical (unpaired) electrons. The molecule has 1 fully saturated rings. The first kappa shape index (κ1) is 15.3. The Morgan fingerprint density at radius 1 is 1.45 bits per heavy atom. The molecule has 1 saturated heterocycles. The monoisotopic (exact) mass is 296 g/mol. The first-order valence-corrected chi connectivity index (χ1v) is 8.04. The number of thioether (sulfide) groups is 1. The third-order valence-electron chi connectivity index (χ3n) is 3.46. The molecule has 3 nitrogen and oxygen atoms in total. The van der Waals surface area contributed by atoms with Crippen molar-refractivity contribution in [2.75, 3.05) is 18.8 Å². The van der Waals surface area contributed by atoms with E-state index in [1.165, 1.54) is 6.07 Å². The van der Waals surface area contributed by atoms with Gasteiger partial charge in [-0.1, -0.05) is 12.1 Å². The zero-order valence-electron chi connectivity index (χ0n) is 11.7. The average molecular weight is 296 g/mol. The SMILES string of the molecule is Cc1ccc(CNC(=O)CSC2CCNCC2)cc1F. The maximum atomic E-state index is 13.4. The molecule has 0 unspecified atom stereocenters. The van der Waals surface area contributed by atoms with E-state index in [9.17, 15) is 9.18 Å². The Balaban J connectivity index is 1.70. The van der Waals surface area contributed by atoms with Crippen molar-refractivity contribution in [1.29, 1.82) is 0 Å². The maximum Gasteiger partial charge on any atom is 0.230 e. The number of carbonyl (C=O) groups excluding carboxylic acids is 1. The maximum absolute atomic E-state index is 13.4. The lowest BCUT2D eigenvalue weighted by Gasteiger charge is -2.21. The van der Waals surface area contributed by atoms with Crippen molar-refractivity contribution >= 4 is 17.7 Å². The summed E-state index contributed by atoms with van der Waals surface area (Å²) in [5.41, 5.74) is 1.43. The number of amides is 1. The van der Waals surface area contributed by atoms with Crippen LogP contribution in [0, 0.1) is 12.7 Å². The number of benzene rings is 1. The molecule has 0 bridgehead atoms. The Morgan fingerprint density at radius 3 is 2.90 bits per heavy atom. The molecule has 1 aromatic carbocycles. The van der Waals surface area contributed by atoms with Gasteiger partial charge in [0.15, 0.2) is 0 Å². The van der Waals surface area contributed by atoms with Gasteiger partial charge < -0.3 is 10.6 Å². The van der Waals surface area contributed by atoms with Crippen LogP contribution >= 0.6 is 11.8 Å². The Hall–Kier alpha value is -1.07. The molecule has 0 saturated carbocycles. The largest absolute Gasteiger partial charge is 0.351 e. The minimum Gasteiger partial charge on any atom is -0.351 e. The van der Waals surface area contributed by atoms with E-state index in [1.54, 1.807) is 24.8 Å². The van der Waals surface area contributed by atoms with Gasteiger partial charge in [-0.15, -0.1) is 11.8 Å². The molecule has 0 atom stereocenters. The summed E-state index contributed by atoms with van der Waals surface area (Å²) in [7, 11) is 0. The predicted octanol–water partition coefficient (Wildman–Crippen LogP) is 2.24. The van der Waals surface area contributed by atoms with E-state index < -0.39 is 0 Å². The van der Waals surface area contributed by atoms with Gasteiger partial charge in [-0.2, -0.15) is 0 Å². The molecule has 1 heterocycles. The number of aryl methyl sites for hydroxylation is 1. The summed E-state index contributed by atoms with van der Waals surface area (Å²) in [4.78, 5) is 11.8. The predicted molar refractivity (Wildman–Crippen MR) is 81.3 cm³/mol. The van der Waals surface area contributed by atoms with Crippen LogP contribution in [0.2, 0.25) is 0 Å². The molecule has 20 heavy (non-hydrogen) atoms. The summed E-state index contributed by atoms with van der Waals surface area (Å²) in [5, 5.41) is 6.73. The Bertz CT molecular complexity index is 461. The molecule has 0 aliphatic carbocycles. The molecule has 1 aliphatic rings. The Labute approximate surface area is 123 Å². The minimum atomic E-state index is -0.221. The zero-order valence-corrected chi connectivity index (χ0v) is 12.6. The zero-order chi connectivity index (χ0) is 14.4. The normalized spacial score (nSPS) is 16.1. The minimum absolute atomic E-state index is 0.0227. The summed E-state index contributed by atoms with van der Waals surface area (Å²) >= 11 is 1.72. The number of rotatable bonds is 5. The number of halogens is 1. The van der Waals surface area contributed by atoms with Crippen molar-refractivity contribution in [3.05, 3.63) is 35.1 Å². The fraction of sp³-hybridized carbons (Fsp3) is 0.533. The van der Waals surface area contributed by atoms with Crippen LogP contribution in [-0.2, 0) is 11.3 Å². The molecule has 0 spiro atoms. The number of piperidine rings is 1. The van der Waals surface area contributed by atoms with Gasteiger partial charge in [-0.25, -0.2) is 4.39 Å². The van der Waals surface area contributed by atoms with Crippen LogP contribution in [0.25, 0.3) is 0 Å². The summed E-state index contributed by atoms with van der Waals surface area (Å²) in [5.74, 6) is 0.286. The van der Waals surface area contributed by atoms with E-state index in [0.29, 0.717) is 23.1 Å². The second-order valence-electron chi connectivity index (χ2n) is 5.12. The van der Waals surface area contributed by atoms with E-state index in [0.717, 1.165) is 31.5 Å². The highest BCUT2D eigenvalue weighted by atomic mass is 32.2. The van der Waals surface area contributed by atoms with Crippen molar-refractivity contribution in [3.8, 4) is 0 Å². The lowest BCUT2D eigenvalue weighted by molar-refractivity contribution is -0.118. The van der Waals surface area contributed by atoms with E-state index in [4.69, 9.17) is 0 Å². The van der Waals surface area contributed by atoms with E-state index in [-0.39, 0.29) is 11.7 Å². The van der Waals surface area contributed by atoms with Crippen molar-refractivity contribution in [2.45, 2.75) is 31.6 Å². The van der Waals surface area contributed by atoms with Gasteiger partial charge in [-0.3, -0.25) is 4.79 Å². The summed E-state index contributed by atoms with van der Waals surface area (Å²) in [6.07, 6.45) is 2.25. The van der Waals surface area contributed by atoms with Gasteiger partial charge >= 0.3 is 0 Å². The molecule has 2 rings (SSSR count). The Morgan fingerprint density at radius 2 is 2.20 bits per heavy atom. The molecule has 110 valence electrons. The smallest absolute Gasteiger partial charge is 0.230 e. The standard InChI is InChI=1S/C15H21FN2OS/c1-11-2-3-12(8-14(11)16)9-18-15(19)10-20-13-4-6-17-7-5-13/h2-3,8,13,17H,4-7,9-10H2,1H3,(H,18,19).